The maximum Gasteiger partial charge on any atom is 0.257 e. The molecular weight excluding hydrogens is 507 g/mol. The van der Waals surface area contributed by atoms with Crippen LogP contribution in [0.4, 0.5) is 0 Å². The Bertz CT molecular complexity index is 679. The summed E-state index contributed by atoms with van der Waals surface area (Å²) in [5, 5.41) is 9.62. The number of guanidine groups is 1. The second-order valence-corrected chi connectivity index (χ2v) is 7.89. The van der Waals surface area contributed by atoms with Crippen molar-refractivity contribution < 1.29 is 14.3 Å². The molecule has 1 saturated carbocycles. The van der Waals surface area contributed by atoms with Crippen LogP contribution in [0.3, 0.4) is 0 Å². The number of halogens is 1. The number of likely N-dealkylation sites (N-methyl/N-ethyl adjacent to an activating group) is 1. The quantitative estimate of drug-likeness (QED) is 0.213. The van der Waals surface area contributed by atoms with Gasteiger partial charge in [-0.25, -0.2) is 4.99 Å². The number of ether oxygens (including phenoxy) is 2. The van der Waals surface area contributed by atoms with Crippen LogP contribution in [-0.2, 0) is 16.1 Å². The Morgan fingerprint density at radius 3 is 2.55 bits per heavy atom. The summed E-state index contributed by atoms with van der Waals surface area (Å²) in [6.45, 7) is 7.65. The van der Waals surface area contributed by atoms with Gasteiger partial charge < -0.3 is 25.4 Å². The molecule has 1 aromatic carbocycles. The van der Waals surface area contributed by atoms with E-state index < -0.39 is 0 Å². The van der Waals surface area contributed by atoms with E-state index in [1.807, 2.05) is 31.2 Å². The van der Waals surface area contributed by atoms with Crippen LogP contribution >= 0.6 is 24.0 Å². The average Bonchev–Trinajstić information content (AvgIpc) is 3.22. The fraction of sp³-hybridized carbons (Fsp3) is 0.652. The third-order valence-electron chi connectivity index (χ3n) is 5.54. The molecule has 1 amide bonds. The molecule has 31 heavy (non-hydrogen) atoms. The van der Waals surface area contributed by atoms with Crippen LogP contribution in [0.5, 0.6) is 5.75 Å². The Hall–Kier alpha value is -1.55. The highest BCUT2D eigenvalue weighted by Gasteiger charge is 2.33. The standard InChI is InChI=1S/C23H38N4O3.HI/c1-4-24-21(28)17-30-20-10-8-9-19(15-20)16-26-22(25-5-2)27-18-23(13-14-29-3)11-6-7-12-23;/h8-10,15H,4-7,11-14,16-18H2,1-3H3,(H,24,28)(H2,25,26,27);1H. The summed E-state index contributed by atoms with van der Waals surface area (Å²) in [4.78, 5) is 16.3. The van der Waals surface area contributed by atoms with Crippen molar-refractivity contribution in [3.8, 4) is 5.75 Å². The molecule has 1 aromatic rings. The van der Waals surface area contributed by atoms with Crippen LogP contribution in [-0.4, -0.2) is 51.8 Å². The average molecular weight is 546 g/mol. The van der Waals surface area contributed by atoms with E-state index in [9.17, 15) is 4.79 Å². The summed E-state index contributed by atoms with van der Waals surface area (Å²) in [7, 11) is 1.77. The Labute approximate surface area is 204 Å². The van der Waals surface area contributed by atoms with Crippen LogP contribution in [0.1, 0.15) is 51.5 Å². The van der Waals surface area contributed by atoms with Crippen LogP contribution in [0.25, 0.3) is 0 Å². The predicted molar refractivity (Wildman–Crippen MR) is 136 cm³/mol. The third-order valence-corrected chi connectivity index (χ3v) is 5.54. The summed E-state index contributed by atoms with van der Waals surface area (Å²) in [6, 6.07) is 7.73. The molecule has 0 aromatic heterocycles. The molecular formula is C23H39IN4O3. The van der Waals surface area contributed by atoms with Crippen molar-refractivity contribution in [2.45, 2.75) is 52.5 Å². The molecule has 8 heteroatoms. The highest BCUT2D eigenvalue weighted by Crippen LogP contribution is 2.40. The van der Waals surface area contributed by atoms with Crippen molar-refractivity contribution in [3.05, 3.63) is 29.8 Å². The van der Waals surface area contributed by atoms with E-state index in [1.54, 1.807) is 7.11 Å². The number of amides is 1. The SMILES string of the molecule is CCNC(=O)COc1cccc(CN=C(NCC)NCC2(CCOC)CCCC2)c1.I. The molecule has 0 bridgehead atoms. The van der Waals surface area contributed by atoms with Gasteiger partial charge in [0, 0.05) is 33.4 Å². The summed E-state index contributed by atoms with van der Waals surface area (Å²) >= 11 is 0. The van der Waals surface area contributed by atoms with Crippen LogP contribution in [0.2, 0.25) is 0 Å². The predicted octanol–water partition coefficient (Wildman–Crippen LogP) is 3.47. The normalized spacial score (nSPS) is 15.1. The molecule has 1 aliphatic rings. The van der Waals surface area contributed by atoms with Gasteiger partial charge in [-0.15, -0.1) is 24.0 Å². The molecule has 0 saturated heterocycles. The zero-order valence-corrected chi connectivity index (χ0v) is 21.5. The highest BCUT2D eigenvalue weighted by molar-refractivity contribution is 14.0. The first-order chi connectivity index (χ1) is 14.6. The van der Waals surface area contributed by atoms with E-state index in [0.717, 1.165) is 37.6 Å². The van der Waals surface area contributed by atoms with Crippen molar-refractivity contribution in [2.24, 2.45) is 10.4 Å². The fourth-order valence-corrected chi connectivity index (χ4v) is 3.87. The second kappa shape index (κ2) is 15.3. The molecule has 0 aliphatic heterocycles. The lowest BCUT2D eigenvalue weighted by molar-refractivity contribution is -0.122. The lowest BCUT2D eigenvalue weighted by Crippen LogP contribution is -2.43. The van der Waals surface area contributed by atoms with Gasteiger partial charge in [0.15, 0.2) is 12.6 Å². The monoisotopic (exact) mass is 546 g/mol. The summed E-state index contributed by atoms with van der Waals surface area (Å²) in [6.07, 6.45) is 6.16. The second-order valence-electron chi connectivity index (χ2n) is 7.89. The van der Waals surface area contributed by atoms with Gasteiger partial charge in [-0.05, 0) is 56.2 Å². The Morgan fingerprint density at radius 1 is 1.13 bits per heavy atom. The third kappa shape index (κ3) is 10.1. The molecule has 7 nitrogen and oxygen atoms in total. The van der Waals surface area contributed by atoms with Gasteiger partial charge >= 0.3 is 0 Å². The first-order valence-electron chi connectivity index (χ1n) is 11.1. The van der Waals surface area contributed by atoms with Crippen LogP contribution in [0, 0.1) is 5.41 Å². The van der Waals surface area contributed by atoms with E-state index in [4.69, 9.17) is 14.5 Å². The number of benzene rings is 1. The zero-order chi connectivity index (χ0) is 21.7. The number of hydrogen-bond acceptors (Lipinski definition) is 4. The Kier molecular flexibility index (Phi) is 13.6. The fourth-order valence-electron chi connectivity index (χ4n) is 3.87. The van der Waals surface area contributed by atoms with Gasteiger partial charge in [-0.2, -0.15) is 0 Å². The topological polar surface area (TPSA) is 84.0 Å². The number of rotatable bonds is 12. The smallest absolute Gasteiger partial charge is 0.257 e. The van der Waals surface area contributed by atoms with Crippen molar-refractivity contribution in [2.75, 3.05) is 40.0 Å². The van der Waals surface area contributed by atoms with Gasteiger partial charge in [-0.1, -0.05) is 25.0 Å². The molecule has 0 radical (unpaired) electrons. The Balaban J connectivity index is 0.00000480. The first-order valence-corrected chi connectivity index (χ1v) is 11.1. The molecule has 0 unspecified atom stereocenters. The van der Waals surface area contributed by atoms with Gasteiger partial charge in [0.25, 0.3) is 5.91 Å². The molecule has 0 spiro atoms. The van der Waals surface area contributed by atoms with Crippen LogP contribution in [0.15, 0.2) is 29.3 Å². The number of carbonyl (C=O) groups is 1. The van der Waals surface area contributed by atoms with Gasteiger partial charge in [0.05, 0.1) is 6.54 Å². The minimum Gasteiger partial charge on any atom is -0.484 e. The number of methoxy groups -OCH3 is 1. The van der Waals surface area contributed by atoms with Crippen molar-refractivity contribution in [1.82, 2.24) is 16.0 Å². The Morgan fingerprint density at radius 2 is 1.87 bits per heavy atom. The number of aliphatic imine (C=N–C) groups is 1. The van der Waals surface area contributed by atoms with Gasteiger partial charge in [0.2, 0.25) is 0 Å². The summed E-state index contributed by atoms with van der Waals surface area (Å²) in [5.74, 6) is 1.39. The van der Waals surface area contributed by atoms with Crippen molar-refractivity contribution in [1.29, 1.82) is 0 Å². The van der Waals surface area contributed by atoms with E-state index in [2.05, 4.69) is 22.9 Å². The van der Waals surface area contributed by atoms with Gasteiger partial charge in [-0.3, -0.25) is 4.79 Å². The first kappa shape index (κ1) is 27.5. The minimum absolute atomic E-state index is 0. The lowest BCUT2D eigenvalue weighted by Gasteiger charge is -2.30. The van der Waals surface area contributed by atoms with Crippen LogP contribution < -0.4 is 20.7 Å². The molecule has 176 valence electrons. The number of nitrogens with one attached hydrogen (secondary N) is 3. The number of carbonyl (C=O) groups excluding carboxylic acids is 1. The van der Waals surface area contributed by atoms with E-state index >= 15 is 0 Å². The summed E-state index contributed by atoms with van der Waals surface area (Å²) < 4.78 is 10.9. The van der Waals surface area contributed by atoms with Crippen molar-refractivity contribution in [3.63, 3.8) is 0 Å². The molecule has 0 atom stereocenters. The maximum absolute atomic E-state index is 11.6. The number of hydrogen-bond donors (Lipinski definition) is 3. The summed E-state index contributed by atoms with van der Waals surface area (Å²) in [5.41, 5.74) is 1.34. The van der Waals surface area contributed by atoms with E-state index in [-0.39, 0.29) is 36.5 Å². The molecule has 0 heterocycles. The van der Waals surface area contributed by atoms with Gasteiger partial charge in [0.1, 0.15) is 5.75 Å². The highest BCUT2D eigenvalue weighted by atomic mass is 127. The molecule has 2 rings (SSSR count). The number of nitrogens with zero attached hydrogens (tertiary/aromatic N) is 1. The van der Waals surface area contributed by atoms with E-state index in [0.29, 0.717) is 24.3 Å². The zero-order valence-electron chi connectivity index (χ0n) is 19.2. The molecule has 3 N–H and O–H groups in total. The van der Waals surface area contributed by atoms with Crippen molar-refractivity contribution >= 4 is 35.8 Å². The minimum atomic E-state index is -0.117. The molecule has 1 fully saturated rings. The van der Waals surface area contributed by atoms with E-state index in [1.165, 1.54) is 25.7 Å². The maximum atomic E-state index is 11.6. The largest absolute Gasteiger partial charge is 0.484 e. The molecule has 1 aliphatic carbocycles. The lowest BCUT2D eigenvalue weighted by atomic mass is 9.83.